The summed E-state index contributed by atoms with van der Waals surface area (Å²) in [6.45, 7) is 4.89. The maximum atomic E-state index is 6.11. The summed E-state index contributed by atoms with van der Waals surface area (Å²) in [7, 11) is 3.78. The number of nitrogens with two attached hydrogens (primary N) is 1. The molecule has 0 spiro atoms. The first-order chi connectivity index (χ1) is 8.45. The monoisotopic (exact) mass is 270 g/mol. The molecule has 0 aliphatic carbocycles. The van der Waals surface area contributed by atoms with Crippen molar-refractivity contribution in [2.24, 2.45) is 5.73 Å². The van der Waals surface area contributed by atoms with E-state index in [1.807, 2.05) is 32.0 Å². The lowest BCUT2D eigenvalue weighted by Crippen LogP contribution is -2.40. The molecule has 2 N–H and O–H groups in total. The standard InChI is InChI=1S/C14H23ClN2O/c1-10(18-4)9-17(3)14(11(2)16)12-6-5-7-13(15)8-12/h5-8,10-11,14H,9,16H2,1-4H3. The van der Waals surface area contributed by atoms with E-state index in [1.54, 1.807) is 7.11 Å². The van der Waals surface area contributed by atoms with Crippen LogP contribution in [0.1, 0.15) is 25.5 Å². The lowest BCUT2D eigenvalue weighted by atomic mass is 9.99. The Hall–Kier alpha value is -0.610. The third kappa shape index (κ3) is 4.25. The highest BCUT2D eigenvalue weighted by molar-refractivity contribution is 6.30. The third-order valence-electron chi connectivity index (χ3n) is 3.11. The Morgan fingerprint density at radius 2 is 2.06 bits per heavy atom. The number of rotatable bonds is 6. The van der Waals surface area contributed by atoms with Gasteiger partial charge in [-0.05, 0) is 38.6 Å². The van der Waals surface area contributed by atoms with Crippen LogP contribution in [0.4, 0.5) is 0 Å². The topological polar surface area (TPSA) is 38.5 Å². The maximum absolute atomic E-state index is 6.11. The van der Waals surface area contributed by atoms with Gasteiger partial charge in [-0.2, -0.15) is 0 Å². The molecule has 0 bridgehead atoms. The van der Waals surface area contributed by atoms with Crippen molar-refractivity contribution in [1.82, 2.24) is 4.90 Å². The van der Waals surface area contributed by atoms with Gasteiger partial charge >= 0.3 is 0 Å². The minimum atomic E-state index is 0.0255. The zero-order valence-electron chi connectivity index (χ0n) is 11.6. The zero-order chi connectivity index (χ0) is 13.7. The average molecular weight is 271 g/mol. The summed E-state index contributed by atoms with van der Waals surface area (Å²) in [5.41, 5.74) is 7.25. The molecule has 3 nitrogen and oxygen atoms in total. The summed E-state index contributed by atoms with van der Waals surface area (Å²) in [6.07, 6.45) is 0.176. The maximum Gasteiger partial charge on any atom is 0.0670 e. The molecule has 4 heteroatoms. The van der Waals surface area contributed by atoms with Gasteiger partial charge < -0.3 is 10.5 Å². The molecule has 0 saturated heterocycles. The summed E-state index contributed by atoms with van der Waals surface area (Å²) in [6, 6.07) is 8.04. The molecule has 3 atom stereocenters. The quantitative estimate of drug-likeness (QED) is 0.864. The summed E-state index contributed by atoms with van der Waals surface area (Å²) >= 11 is 6.05. The summed E-state index contributed by atoms with van der Waals surface area (Å²) in [4.78, 5) is 2.21. The van der Waals surface area contributed by atoms with Crippen LogP contribution < -0.4 is 5.73 Å². The van der Waals surface area contributed by atoms with Crippen molar-refractivity contribution in [3.8, 4) is 0 Å². The van der Waals surface area contributed by atoms with Gasteiger partial charge in [-0.1, -0.05) is 23.7 Å². The number of likely N-dealkylation sites (N-methyl/N-ethyl adjacent to an activating group) is 1. The predicted octanol–water partition coefficient (Wildman–Crippen LogP) is 2.70. The van der Waals surface area contributed by atoms with Crippen LogP contribution >= 0.6 is 11.6 Å². The molecule has 0 heterocycles. The van der Waals surface area contributed by atoms with E-state index >= 15 is 0 Å². The van der Waals surface area contributed by atoms with Crippen molar-refractivity contribution in [3.05, 3.63) is 34.9 Å². The van der Waals surface area contributed by atoms with Crippen LogP contribution in [0, 0.1) is 0 Å². The molecule has 0 radical (unpaired) electrons. The number of halogens is 1. The van der Waals surface area contributed by atoms with Crippen molar-refractivity contribution in [1.29, 1.82) is 0 Å². The van der Waals surface area contributed by atoms with Crippen LogP contribution in [-0.4, -0.2) is 37.7 Å². The Bertz CT molecular complexity index is 371. The average Bonchev–Trinajstić information content (AvgIpc) is 2.28. The van der Waals surface area contributed by atoms with Crippen LogP contribution in [0.2, 0.25) is 5.02 Å². The molecule has 0 amide bonds. The van der Waals surface area contributed by atoms with Gasteiger partial charge in [0.25, 0.3) is 0 Å². The third-order valence-corrected chi connectivity index (χ3v) is 3.35. The van der Waals surface area contributed by atoms with Crippen LogP contribution in [0.15, 0.2) is 24.3 Å². The first-order valence-electron chi connectivity index (χ1n) is 6.19. The number of ether oxygens (including phenoxy) is 1. The van der Waals surface area contributed by atoms with Gasteiger partial charge in [-0.3, -0.25) is 4.90 Å². The van der Waals surface area contributed by atoms with Gasteiger partial charge in [0, 0.05) is 30.8 Å². The number of nitrogens with zero attached hydrogens (tertiary/aromatic N) is 1. The van der Waals surface area contributed by atoms with Crippen LogP contribution in [0.3, 0.4) is 0 Å². The minimum Gasteiger partial charge on any atom is -0.380 e. The van der Waals surface area contributed by atoms with Crippen molar-refractivity contribution in [3.63, 3.8) is 0 Å². The summed E-state index contributed by atoms with van der Waals surface area (Å²) in [5.74, 6) is 0. The highest BCUT2D eigenvalue weighted by Crippen LogP contribution is 2.25. The molecule has 18 heavy (non-hydrogen) atoms. The highest BCUT2D eigenvalue weighted by atomic mass is 35.5. The molecule has 102 valence electrons. The molecule has 0 saturated carbocycles. The Balaban J connectivity index is 2.89. The second-order valence-electron chi connectivity index (χ2n) is 4.84. The summed E-state index contributed by atoms with van der Waals surface area (Å²) < 4.78 is 5.30. The SMILES string of the molecule is COC(C)CN(C)C(c1cccc(Cl)c1)C(C)N. The predicted molar refractivity (Wildman–Crippen MR) is 76.9 cm³/mol. The van der Waals surface area contributed by atoms with Gasteiger partial charge in [0.05, 0.1) is 6.10 Å². The minimum absolute atomic E-state index is 0.0255. The van der Waals surface area contributed by atoms with E-state index in [0.717, 1.165) is 17.1 Å². The fourth-order valence-electron chi connectivity index (χ4n) is 2.24. The van der Waals surface area contributed by atoms with E-state index in [2.05, 4.69) is 18.0 Å². The fraction of sp³-hybridized carbons (Fsp3) is 0.571. The number of hydrogen-bond donors (Lipinski definition) is 1. The van der Waals surface area contributed by atoms with Gasteiger partial charge in [0.2, 0.25) is 0 Å². The fourth-order valence-corrected chi connectivity index (χ4v) is 2.44. The van der Waals surface area contributed by atoms with Crippen molar-refractivity contribution in [2.45, 2.75) is 32.0 Å². The Labute approximate surface area is 115 Å². The van der Waals surface area contributed by atoms with Crippen LogP contribution in [-0.2, 0) is 4.74 Å². The van der Waals surface area contributed by atoms with Crippen molar-refractivity contribution >= 4 is 11.6 Å². The molecule has 0 aliphatic rings. The van der Waals surface area contributed by atoms with Crippen molar-refractivity contribution in [2.75, 3.05) is 20.7 Å². The second-order valence-corrected chi connectivity index (χ2v) is 5.28. The second kappa shape index (κ2) is 7.10. The molecule has 0 aliphatic heterocycles. The van der Waals surface area contributed by atoms with E-state index in [-0.39, 0.29) is 18.2 Å². The Kier molecular flexibility index (Phi) is 6.09. The largest absolute Gasteiger partial charge is 0.380 e. The lowest BCUT2D eigenvalue weighted by molar-refractivity contribution is 0.0674. The number of hydrogen-bond acceptors (Lipinski definition) is 3. The van der Waals surface area contributed by atoms with Crippen LogP contribution in [0.5, 0.6) is 0 Å². The molecule has 1 rings (SSSR count). The first-order valence-corrected chi connectivity index (χ1v) is 6.57. The normalized spacial score (nSPS) is 16.6. The smallest absolute Gasteiger partial charge is 0.0670 e. The number of methoxy groups -OCH3 is 1. The highest BCUT2D eigenvalue weighted by Gasteiger charge is 2.22. The Morgan fingerprint density at radius 1 is 1.39 bits per heavy atom. The Morgan fingerprint density at radius 3 is 2.56 bits per heavy atom. The van der Waals surface area contributed by atoms with Gasteiger partial charge in [0.1, 0.15) is 0 Å². The lowest BCUT2D eigenvalue weighted by Gasteiger charge is -2.33. The van der Waals surface area contributed by atoms with Gasteiger partial charge in [-0.15, -0.1) is 0 Å². The van der Waals surface area contributed by atoms with Gasteiger partial charge in [0.15, 0.2) is 0 Å². The number of benzene rings is 1. The van der Waals surface area contributed by atoms with E-state index in [0.29, 0.717) is 0 Å². The van der Waals surface area contributed by atoms with E-state index in [4.69, 9.17) is 22.1 Å². The van der Waals surface area contributed by atoms with Crippen molar-refractivity contribution < 1.29 is 4.74 Å². The molecule has 1 aromatic carbocycles. The molecule has 0 fully saturated rings. The molecular formula is C14H23ClN2O. The van der Waals surface area contributed by atoms with E-state index in [1.165, 1.54) is 0 Å². The molecule has 0 aromatic heterocycles. The van der Waals surface area contributed by atoms with Crippen LogP contribution in [0.25, 0.3) is 0 Å². The zero-order valence-corrected chi connectivity index (χ0v) is 12.3. The van der Waals surface area contributed by atoms with Gasteiger partial charge in [-0.25, -0.2) is 0 Å². The molecular weight excluding hydrogens is 248 g/mol. The first kappa shape index (κ1) is 15.4. The van der Waals surface area contributed by atoms with E-state index < -0.39 is 0 Å². The molecule has 3 unspecified atom stereocenters. The van der Waals surface area contributed by atoms with E-state index in [9.17, 15) is 0 Å². The summed E-state index contributed by atoms with van der Waals surface area (Å²) in [5, 5.41) is 0.742. The molecule has 1 aromatic rings.